The fourth-order valence-electron chi connectivity index (χ4n) is 3.16. The van der Waals surface area contributed by atoms with Gasteiger partial charge in [-0.05, 0) is 49.2 Å². The van der Waals surface area contributed by atoms with Crippen LogP contribution in [0.15, 0.2) is 48.5 Å². The van der Waals surface area contributed by atoms with Crippen molar-refractivity contribution >= 4 is 11.6 Å². The molecule has 128 valence electrons. The molecule has 0 saturated heterocycles. The Morgan fingerprint density at radius 2 is 1.96 bits per heavy atom. The third-order valence-electron chi connectivity index (χ3n) is 4.51. The number of hydrogen-bond donors (Lipinski definition) is 1. The number of anilines is 1. The lowest BCUT2D eigenvalue weighted by atomic mass is 10.1. The summed E-state index contributed by atoms with van der Waals surface area (Å²) in [5.41, 5.74) is 2.67. The van der Waals surface area contributed by atoms with Gasteiger partial charge in [-0.2, -0.15) is 5.26 Å². The predicted molar refractivity (Wildman–Crippen MR) is 97.5 cm³/mol. The first-order valence-electron chi connectivity index (χ1n) is 8.58. The Morgan fingerprint density at radius 3 is 2.77 bits per heavy atom. The summed E-state index contributed by atoms with van der Waals surface area (Å²) >= 11 is 0. The molecule has 1 aromatic heterocycles. The second-order valence-corrected chi connectivity index (χ2v) is 6.27. The maximum atomic E-state index is 12.4. The Bertz CT molecular complexity index is 998. The molecule has 1 aliphatic heterocycles. The molecule has 0 bridgehead atoms. The minimum absolute atomic E-state index is 0.213. The van der Waals surface area contributed by atoms with Crippen molar-refractivity contribution in [3.05, 3.63) is 65.5 Å². The van der Waals surface area contributed by atoms with Gasteiger partial charge in [-0.1, -0.05) is 12.1 Å². The molecule has 0 saturated carbocycles. The molecule has 6 heteroatoms. The van der Waals surface area contributed by atoms with Crippen molar-refractivity contribution in [1.29, 1.82) is 5.26 Å². The number of aromatic nitrogens is 3. The van der Waals surface area contributed by atoms with Crippen molar-refractivity contribution in [3.63, 3.8) is 0 Å². The van der Waals surface area contributed by atoms with Gasteiger partial charge in [-0.15, -0.1) is 10.2 Å². The number of nitrogens with one attached hydrogen (secondary N) is 1. The van der Waals surface area contributed by atoms with Gasteiger partial charge in [0.1, 0.15) is 5.82 Å². The summed E-state index contributed by atoms with van der Waals surface area (Å²) in [4.78, 5) is 12.4. The number of nitrogens with zero attached hydrogens (tertiary/aromatic N) is 4. The fraction of sp³-hybridized carbons (Fsp3) is 0.200. The molecule has 1 amide bonds. The van der Waals surface area contributed by atoms with Crippen molar-refractivity contribution in [2.45, 2.75) is 25.8 Å². The van der Waals surface area contributed by atoms with Gasteiger partial charge in [-0.25, -0.2) is 0 Å². The Morgan fingerprint density at radius 1 is 1.12 bits per heavy atom. The fourth-order valence-corrected chi connectivity index (χ4v) is 3.16. The second-order valence-electron chi connectivity index (χ2n) is 6.27. The van der Waals surface area contributed by atoms with Gasteiger partial charge in [0, 0.05) is 29.8 Å². The number of aryl methyl sites for hydroxylation is 1. The van der Waals surface area contributed by atoms with Gasteiger partial charge in [0.05, 0.1) is 11.6 Å². The van der Waals surface area contributed by atoms with Crippen molar-refractivity contribution < 1.29 is 4.79 Å². The number of nitriles is 1. The first kappa shape index (κ1) is 16.0. The number of fused-ring (bicyclic) bond motifs is 1. The van der Waals surface area contributed by atoms with Crippen LogP contribution in [0.1, 0.15) is 34.6 Å². The molecule has 0 unspecified atom stereocenters. The number of carbonyl (C=O) groups is 1. The van der Waals surface area contributed by atoms with Crippen LogP contribution in [0.25, 0.3) is 11.4 Å². The van der Waals surface area contributed by atoms with Crippen molar-refractivity contribution in [1.82, 2.24) is 14.8 Å². The molecule has 2 heterocycles. The average molecular weight is 343 g/mol. The molecule has 0 radical (unpaired) electrons. The van der Waals surface area contributed by atoms with Gasteiger partial charge in [0.2, 0.25) is 0 Å². The lowest BCUT2D eigenvalue weighted by Crippen LogP contribution is -2.12. The summed E-state index contributed by atoms with van der Waals surface area (Å²) in [6, 6.07) is 16.2. The standard InChI is InChI=1S/C20H17N5O/c21-13-14-7-9-15(10-8-14)20(26)22-17-5-3-4-16(12-17)19-24-23-18-6-1-2-11-25(18)19/h3-5,7-10,12H,1-2,6,11H2,(H,22,26). The number of rotatable bonds is 3. The summed E-state index contributed by atoms with van der Waals surface area (Å²) in [6.45, 7) is 0.930. The van der Waals surface area contributed by atoms with E-state index in [1.165, 1.54) is 0 Å². The molecule has 26 heavy (non-hydrogen) atoms. The molecule has 2 aromatic carbocycles. The van der Waals surface area contributed by atoms with Gasteiger partial charge in [-0.3, -0.25) is 4.79 Å². The van der Waals surface area contributed by atoms with Crippen molar-refractivity contribution in [2.75, 3.05) is 5.32 Å². The molecule has 4 rings (SSSR count). The van der Waals surface area contributed by atoms with E-state index in [0.29, 0.717) is 16.8 Å². The van der Waals surface area contributed by atoms with Crippen molar-refractivity contribution in [2.24, 2.45) is 0 Å². The summed E-state index contributed by atoms with van der Waals surface area (Å²) in [6.07, 6.45) is 3.24. The van der Waals surface area contributed by atoms with E-state index >= 15 is 0 Å². The molecule has 0 atom stereocenters. The van der Waals surface area contributed by atoms with E-state index in [-0.39, 0.29) is 5.91 Å². The van der Waals surface area contributed by atoms with Crippen LogP contribution >= 0.6 is 0 Å². The van der Waals surface area contributed by atoms with Crippen LogP contribution in [0.4, 0.5) is 5.69 Å². The number of hydrogen-bond acceptors (Lipinski definition) is 4. The molecule has 1 aliphatic rings. The average Bonchev–Trinajstić information content (AvgIpc) is 3.12. The largest absolute Gasteiger partial charge is 0.322 e. The Balaban J connectivity index is 1.57. The summed E-state index contributed by atoms with van der Waals surface area (Å²) < 4.78 is 2.16. The number of amides is 1. The number of carbonyl (C=O) groups excluding carboxylic acids is 1. The molecule has 3 aromatic rings. The third kappa shape index (κ3) is 3.07. The third-order valence-corrected chi connectivity index (χ3v) is 4.51. The van der Waals surface area contributed by atoms with E-state index < -0.39 is 0 Å². The van der Waals surface area contributed by atoms with Crippen LogP contribution < -0.4 is 5.32 Å². The Hall–Kier alpha value is -3.46. The quantitative estimate of drug-likeness (QED) is 0.790. The smallest absolute Gasteiger partial charge is 0.255 e. The zero-order valence-corrected chi connectivity index (χ0v) is 14.1. The van der Waals surface area contributed by atoms with E-state index in [0.717, 1.165) is 43.0 Å². The minimum atomic E-state index is -0.213. The lowest BCUT2D eigenvalue weighted by Gasteiger charge is -2.15. The molecule has 0 aliphatic carbocycles. The maximum Gasteiger partial charge on any atom is 0.255 e. The van der Waals surface area contributed by atoms with E-state index in [1.54, 1.807) is 24.3 Å². The summed E-state index contributed by atoms with van der Waals surface area (Å²) in [5, 5.41) is 20.4. The van der Waals surface area contributed by atoms with Crippen LogP contribution in [0.5, 0.6) is 0 Å². The van der Waals surface area contributed by atoms with Gasteiger partial charge in [0.15, 0.2) is 5.82 Å². The van der Waals surface area contributed by atoms with E-state index in [2.05, 4.69) is 20.1 Å². The highest BCUT2D eigenvalue weighted by atomic mass is 16.1. The Kier molecular flexibility index (Phi) is 4.20. The van der Waals surface area contributed by atoms with E-state index in [1.807, 2.05) is 30.3 Å². The van der Waals surface area contributed by atoms with Gasteiger partial charge in [0.25, 0.3) is 5.91 Å². The Labute approximate surface area is 151 Å². The minimum Gasteiger partial charge on any atom is -0.322 e. The summed E-state index contributed by atoms with van der Waals surface area (Å²) in [5.74, 6) is 1.65. The highest BCUT2D eigenvalue weighted by molar-refractivity contribution is 6.04. The topological polar surface area (TPSA) is 83.6 Å². The predicted octanol–water partition coefficient (Wildman–Crippen LogP) is 3.41. The molecule has 0 fully saturated rings. The van der Waals surface area contributed by atoms with Gasteiger partial charge >= 0.3 is 0 Å². The van der Waals surface area contributed by atoms with Crippen LogP contribution in [0.2, 0.25) is 0 Å². The first-order chi connectivity index (χ1) is 12.7. The van der Waals surface area contributed by atoms with Gasteiger partial charge < -0.3 is 9.88 Å². The van der Waals surface area contributed by atoms with E-state index in [9.17, 15) is 4.79 Å². The van der Waals surface area contributed by atoms with Crippen LogP contribution in [0.3, 0.4) is 0 Å². The second kappa shape index (κ2) is 6.81. The first-order valence-corrected chi connectivity index (χ1v) is 8.58. The lowest BCUT2D eigenvalue weighted by molar-refractivity contribution is 0.102. The molecule has 6 nitrogen and oxygen atoms in total. The molecule has 1 N–H and O–H groups in total. The van der Waals surface area contributed by atoms with Crippen LogP contribution in [-0.2, 0) is 13.0 Å². The molecular formula is C20H17N5O. The van der Waals surface area contributed by atoms with E-state index in [4.69, 9.17) is 5.26 Å². The normalized spacial score (nSPS) is 12.9. The zero-order chi connectivity index (χ0) is 17.9. The zero-order valence-electron chi connectivity index (χ0n) is 14.1. The number of benzene rings is 2. The van der Waals surface area contributed by atoms with Crippen molar-refractivity contribution in [3.8, 4) is 17.5 Å². The molecule has 0 spiro atoms. The highest BCUT2D eigenvalue weighted by Gasteiger charge is 2.17. The van der Waals surface area contributed by atoms with Crippen LogP contribution in [0, 0.1) is 11.3 Å². The van der Waals surface area contributed by atoms with Crippen LogP contribution in [-0.4, -0.2) is 20.7 Å². The SMILES string of the molecule is N#Cc1ccc(C(=O)Nc2cccc(-c3nnc4n3CCCC4)c2)cc1. The molecular weight excluding hydrogens is 326 g/mol. The highest BCUT2D eigenvalue weighted by Crippen LogP contribution is 2.25. The maximum absolute atomic E-state index is 12.4. The summed E-state index contributed by atoms with van der Waals surface area (Å²) in [7, 11) is 0. The monoisotopic (exact) mass is 343 g/mol.